The average Bonchev–Trinajstić information content (AvgIpc) is 3.28. The van der Waals surface area contributed by atoms with Gasteiger partial charge in [-0.1, -0.05) is 30.3 Å². The number of para-hydroxylation sites is 3. The minimum absolute atomic E-state index is 0.111. The molecular formula is C23H23N3O3. The van der Waals surface area contributed by atoms with Crippen molar-refractivity contribution in [3.05, 3.63) is 78.5 Å². The molecular weight excluding hydrogens is 366 g/mol. The standard InChI is InChI=1S/C23H23N3O3/c27-23(25-16-19-9-6-14-28-19)17-12-13-24-22(15-17)26-20-10-4-5-11-21(20)29-18-7-2-1-3-8-18/h1-5,7-8,10-13,15,19H,6,9,14,16H2,(H,24,26)(H,25,27). The quantitative estimate of drug-likeness (QED) is 0.621. The van der Waals surface area contributed by atoms with Crippen molar-refractivity contribution in [3.8, 4) is 11.5 Å². The number of hydrogen-bond acceptors (Lipinski definition) is 5. The van der Waals surface area contributed by atoms with Crippen molar-refractivity contribution >= 4 is 17.4 Å². The molecule has 0 bridgehead atoms. The van der Waals surface area contributed by atoms with Crippen LogP contribution in [0.1, 0.15) is 23.2 Å². The SMILES string of the molecule is O=C(NCC1CCCO1)c1ccnc(Nc2ccccc2Oc2ccccc2)c1. The molecule has 1 aliphatic rings. The van der Waals surface area contributed by atoms with Crippen LogP contribution in [-0.4, -0.2) is 30.1 Å². The second-order valence-corrected chi connectivity index (χ2v) is 6.81. The molecule has 3 aromatic rings. The van der Waals surface area contributed by atoms with Gasteiger partial charge in [0.15, 0.2) is 5.75 Å². The highest BCUT2D eigenvalue weighted by Gasteiger charge is 2.17. The molecule has 1 unspecified atom stereocenters. The van der Waals surface area contributed by atoms with Crippen LogP contribution < -0.4 is 15.4 Å². The number of anilines is 2. The number of pyridine rings is 1. The number of hydrogen-bond donors (Lipinski definition) is 2. The van der Waals surface area contributed by atoms with E-state index in [0.29, 0.717) is 23.7 Å². The largest absolute Gasteiger partial charge is 0.455 e. The molecule has 1 fully saturated rings. The third-order valence-electron chi connectivity index (χ3n) is 4.66. The van der Waals surface area contributed by atoms with Gasteiger partial charge in [0.1, 0.15) is 11.6 Å². The Bertz CT molecular complexity index is 956. The maximum atomic E-state index is 12.5. The van der Waals surface area contributed by atoms with E-state index in [9.17, 15) is 4.79 Å². The third-order valence-corrected chi connectivity index (χ3v) is 4.66. The van der Waals surface area contributed by atoms with Crippen molar-refractivity contribution in [2.24, 2.45) is 0 Å². The fourth-order valence-corrected chi connectivity index (χ4v) is 3.17. The van der Waals surface area contributed by atoms with Gasteiger partial charge in [-0.15, -0.1) is 0 Å². The first-order valence-electron chi connectivity index (χ1n) is 9.73. The van der Waals surface area contributed by atoms with E-state index in [1.807, 2.05) is 54.6 Å². The van der Waals surface area contributed by atoms with Crippen LogP contribution in [0, 0.1) is 0 Å². The van der Waals surface area contributed by atoms with Gasteiger partial charge in [0.25, 0.3) is 5.91 Å². The molecule has 1 atom stereocenters. The smallest absolute Gasteiger partial charge is 0.251 e. The maximum Gasteiger partial charge on any atom is 0.251 e. The zero-order valence-electron chi connectivity index (χ0n) is 16.0. The molecule has 6 nitrogen and oxygen atoms in total. The number of nitrogens with one attached hydrogen (secondary N) is 2. The second-order valence-electron chi connectivity index (χ2n) is 6.81. The first-order chi connectivity index (χ1) is 14.3. The van der Waals surface area contributed by atoms with E-state index in [0.717, 1.165) is 30.9 Å². The molecule has 1 amide bonds. The average molecular weight is 389 g/mol. The minimum Gasteiger partial charge on any atom is -0.455 e. The van der Waals surface area contributed by atoms with Crippen LogP contribution in [0.5, 0.6) is 11.5 Å². The highest BCUT2D eigenvalue weighted by atomic mass is 16.5. The number of nitrogens with zero attached hydrogens (tertiary/aromatic N) is 1. The molecule has 1 aliphatic heterocycles. The summed E-state index contributed by atoms with van der Waals surface area (Å²) in [5.74, 6) is 1.85. The Labute approximate surface area is 169 Å². The molecule has 0 radical (unpaired) electrons. The van der Waals surface area contributed by atoms with Crippen LogP contribution in [0.15, 0.2) is 72.9 Å². The molecule has 0 aliphatic carbocycles. The zero-order chi connectivity index (χ0) is 19.9. The molecule has 1 saturated heterocycles. The predicted octanol–water partition coefficient (Wildman–Crippen LogP) is 4.53. The Kier molecular flexibility index (Phi) is 6.02. The summed E-state index contributed by atoms with van der Waals surface area (Å²) in [6.45, 7) is 1.30. The van der Waals surface area contributed by atoms with E-state index in [1.165, 1.54) is 0 Å². The van der Waals surface area contributed by atoms with E-state index in [2.05, 4.69) is 15.6 Å². The van der Waals surface area contributed by atoms with Crippen molar-refractivity contribution in [1.29, 1.82) is 0 Å². The normalized spacial score (nSPS) is 15.7. The first-order valence-corrected chi connectivity index (χ1v) is 9.73. The summed E-state index contributed by atoms with van der Waals surface area (Å²) >= 11 is 0. The minimum atomic E-state index is -0.139. The van der Waals surface area contributed by atoms with Gasteiger partial charge in [-0.05, 0) is 49.2 Å². The molecule has 148 valence electrons. The number of rotatable bonds is 7. The molecule has 2 N–H and O–H groups in total. The van der Waals surface area contributed by atoms with Gasteiger partial charge in [0.05, 0.1) is 11.8 Å². The van der Waals surface area contributed by atoms with E-state index < -0.39 is 0 Å². The van der Waals surface area contributed by atoms with Gasteiger partial charge in [0, 0.05) is 24.9 Å². The Morgan fingerprint density at radius 3 is 2.76 bits per heavy atom. The summed E-state index contributed by atoms with van der Waals surface area (Å²) in [5, 5.41) is 6.18. The van der Waals surface area contributed by atoms with Gasteiger partial charge in [0.2, 0.25) is 0 Å². The van der Waals surface area contributed by atoms with Gasteiger partial charge in [-0.2, -0.15) is 0 Å². The number of amides is 1. The lowest BCUT2D eigenvalue weighted by Gasteiger charge is -2.13. The molecule has 2 heterocycles. The lowest BCUT2D eigenvalue weighted by molar-refractivity contribution is 0.0857. The molecule has 0 saturated carbocycles. The Hall–Kier alpha value is -3.38. The van der Waals surface area contributed by atoms with Gasteiger partial charge in [-0.3, -0.25) is 4.79 Å². The lowest BCUT2D eigenvalue weighted by atomic mass is 10.2. The second kappa shape index (κ2) is 9.21. The van der Waals surface area contributed by atoms with Gasteiger partial charge < -0.3 is 20.1 Å². The summed E-state index contributed by atoms with van der Waals surface area (Å²) in [6, 6.07) is 20.6. The summed E-state index contributed by atoms with van der Waals surface area (Å²) in [5.41, 5.74) is 1.31. The first kappa shape index (κ1) is 19.0. The van der Waals surface area contributed by atoms with Gasteiger partial charge >= 0.3 is 0 Å². The molecule has 29 heavy (non-hydrogen) atoms. The van der Waals surface area contributed by atoms with Crippen LogP contribution in [0.3, 0.4) is 0 Å². The number of carbonyl (C=O) groups is 1. The Morgan fingerprint density at radius 1 is 1.10 bits per heavy atom. The predicted molar refractivity (Wildman–Crippen MR) is 112 cm³/mol. The fourth-order valence-electron chi connectivity index (χ4n) is 3.17. The highest BCUT2D eigenvalue weighted by Crippen LogP contribution is 2.31. The van der Waals surface area contributed by atoms with Crippen LogP contribution >= 0.6 is 0 Å². The van der Waals surface area contributed by atoms with E-state index in [-0.39, 0.29) is 12.0 Å². The van der Waals surface area contributed by atoms with Gasteiger partial charge in [-0.25, -0.2) is 4.98 Å². The van der Waals surface area contributed by atoms with Crippen molar-refractivity contribution in [3.63, 3.8) is 0 Å². The summed E-state index contributed by atoms with van der Waals surface area (Å²) < 4.78 is 11.5. The zero-order valence-corrected chi connectivity index (χ0v) is 16.0. The summed E-state index contributed by atoms with van der Waals surface area (Å²) in [7, 11) is 0. The maximum absolute atomic E-state index is 12.5. The topological polar surface area (TPSA) is 72.5 Å². The van der Waals surface area contributed by atoms with Crippen LogP contribution in [-0.2, 0) is 4.74 Å². The summed E-state index contributed by atoms with van der Waals surface area (Å²) in [4.78, 5) is 16.8. The van der Waals surface area contributed by atoms with E-state index in [4.69, 9.17) is 9.47 Å². The van der Waals surface area contributed by atoms with Crippen molar-refractivity contribution < 1.29 is 14.3 Å². The Balaban J connectivity index is 1.44. The molecule has 0 spiro atoms. The summed E-state index contributed by atoms with van der Waals surface area (Å²) in [6.07, 6.45) is 3.76. The number of ether oxygens (including phenoxy) is 2. The highest BCUT2D eigenvalue weighted by molar-refractivity contribution is 5.95. The van der Waals surface area contributed by atoms with E-state index in [1.54, 1.807) is 18.3 Å². The molecule has 4 rings (SSSR count). The van der Waals surface area contributed by atoms with Crippen molar-refractivity contribution in [2.45, 2.75) is 18.9 Å². The van der Waals surface area contributed by atoms with Crippen molar-refractivity contribution in [2.75, 3.05) is 18.5 Å². The lowest BCUT2D eigenvalue weighted by Crippen LogP contribution is -2.31. The van der Waals surface area contributed by atoms with Crippen LogP contribution in [0.2, 0.25) is 0 Å². The molecule has 6 heteroatoms. The molecule has 2 aromatic carbocycles. The molecule has 1 aromatic heterocycles. The number of benzene rings is 2. The third kappa shape index (κ3) is 5.12. The number of carbonyl (C=O) groups excluding carboxylic acids is 1. The Morgan fingerprint density at radius 2 is 1.93 bits per heavy atom. The van der Waals surface area contributed by atoms with Crippen molar-refractivity contribution in [1.82, 2.24) is 10.3 Å². The number of aromatic nitrogens is 1. The van der Waals surface area contributed by atoms with Crippen LogP contribution in [0.25, 0.3) is 0 Å². The fraction of sp³-hybridized carbons (Fsp3) is 0.217. The monoisotopic (exact) mass is 389 g/mol. The van der Waals surface area contributed by atoms with E-state index >= 15 is 0 Å². The van der Waals surface area contributed by atoms with Crippen LogP contribution in [0.4, 0.5) is 11.5 Å².